The number of halogens is 3. The number of hydrogen-bond acceptors (Lipinski definition) is 3. The maximum Gasteiger partial charge on any atom is 0.412 e. The van der Waals surface area contributed by atoms with Crippen LogP contribution in [0.1, 0.15) is 5.76 Å². The summed E-state index contributed by atoms with van der Waals surface area (Å²) in [5, 5.41) is 3.32. The van der Waals surface area contributed by atoms with Gasteiger partial charge in [-0.3, -0.25) is 5.32 Å². The Balaban J connectivity index is 1.97. The predicted molar refractivity (Wildman–Crippen MR) is 74.0 cm³/mol. The summed E-state index contributed by atoms with van der Waals surface area (Å²) >= 11 is 17.5. The van der Waals surface area contributed by atoms with E-state index in [1.807, 2.05) is 0 Å². The van der Waals surface area contributed by atoms with Crippen LogP contribution in [0.25, 0.3) is 0 Å². The van der Waals surface area contributed by atoms with Gasteiger partial charge in [0.05, 0.1) is 27.0 Å². The zero-order valence-corrected chi connectivity index (χ0v) is 11.7. The van der Waals surface area contributed by atoms with Crippen molar-refractivity contribution < 1.29 is 13.9 Å². The van der Waals surface area contributed by atoms with E-state index in [-0.39, 0.29) is 16.7 Å². The first-order valence-corrected chi connectivity index (χ1v) is 6.30. The fourth-order valence-corrected chi connectivity index (χ4v) is 1.89. The van der Waals surface area contributed by atoms with Gasteiger partial charge in [0.2, 0.25) is 0 Å². The van der Waals surface area contributed by atoms with Gasteiger partial charge in [0, 0.05) is 0 Å². The van der Waals surface area contributed by atoms with Crippen molar-refractivity contribution in [1.29, 1.82) is 0 Å². The molecule has 0 spiro atoms. The standard InChI is InChI=1S/C12H8Cl3NO3/c13-8-4-10(15)11(5-9(8)14)16-12(17)19-6-7-2-1-3-18-7/h1-5H,6H2,(H,16,17). The van der Waals surface area contributed by atoms with Gasteiger partial charge in [-0.05, 0) is 24.3 Å². The minimum absolute atomic E-state index is 0.0256. The lowest BCUT2D eigenvalue weighted by atomic mass is 10.3. The smallest absolute Gasteiger partial charge is 0.412 e. The highest BCUT2D eigenvalue weighted by molar-refractivity contribution is 6.44. The van der Waals surface area contributed by atoms with Crippen LogP contribution in [0.3, 0.4) is 0 Å². The number of nitrogens with one attached hydrogen (secondary N) is 1. The summed E-state index contributed by atoms with van der Waals surface area (Å²) in [6.07, 6.45) is 0.823. The third-order valence-electron chi connectivity index (χ3n) is 2.17. The van der Waals surface area contributed by atoms with E-state index < -0.39 is 6.09 Å². The summed E-state index contributed by atoms with van der Waals surface area (Å²) in [6, 6.07) is 6.28. The average molecular weight is 321 g/mol. The fourth-order valence-electron chi connectivity index (χ4n) is 1.30. The van der Waals surface area contributed by atoms with Gasteiger partial charge in [-0.15, -0.1) is 0 Å². The van der Waals surface area contributed by atoms with Crippen LogP contribution in [0.5, 0.6) is 0 Å². The van der Waals surface area contributed by atoms with Gasteiger partial charge in [-0.25, -0.2) is 4.79 Å². The van der Waals surface area contributed by atoms with Gasteiger partial charge < -0.3 is 9.15 Å². The molecular weight excluding hydrogens is 312 g/mol. The molecule has 1 heterocycles. The van der Waals surface area contributed by atoms with Crippen LogP contribution in [-0.2, 0) is 11.3 Å². The Morgan fingerprint density at radius 2 is 1.95 bits per heavy atom. The van der Waals surface area contributed by atoms with E-state index in [0.717, 1.165) is 0 Å². The average Bonchev–Trinajstić information content (AvgIpc) is 2.86. The lowest BCUT2D eigenvalue weighted by Crippen LogP contribution is -2.13. The number of benzene rings is 1. The van der Waals surface area contributed by atoms with E-state index in [4.69, 9.17) is 44.0 Å². The molecule has 0 fully saturated rings. The minimum Gasteiger partial charge on any atom is -0.466 e. The molecule has 2 rings (SSSR count). The molecule has 0 saturated carbocycles. The van der Waals surface area contributed by atoms with E-state index in [1.54, 1.807) is 12.1 Å². The Morgan fingerprint density at radius 3 is 2.63 bits per heavy atom. The number of carbonyl (C=O) groups excluding carboxylic acids is 1. The van der Waals surface area contributed by atoms with Gasteiger partial charge in [0.15, 0.2) is 6.61 Å². The summed E-state index contributed by atoms with van der Waals surface area (Å²) in [6.45, 7) is 0.0256. The molecule has 4 nitrogen and oxygen atoms in total. The van der Waals surface area contributed by atoms with Crippen molar-refractivity contribution in [2.75, 3.05) is 5.32 Å². The number of carbonyl (C=O) groups is 1. The maximum absolute atomic E-state index is 11.5. The zero-order chi connectivity index (χ0) is 13.8. The first-order valence-electron chi connectivity index (χ1n) is 5.17. The number of amides is 1. The van der Waals surface area contributed by atoms with Crippen LogP contribution in [0.15, 0.2) is 34.9 Å². The van der Waals surface area contributed by atoms with Crippen molar-refractivity contribution in [3.63, 3.8) is 0 Å². The summed E-state index contributed by atoms with van der Waals surface area (Å²) in [5.74, 6) is 0.537. The largest absolute Gasteiger partial charge is 0.466 e. The molecule has 1 aromatic heterocycles. The molecule has 0 aliphatic heterocycles. The SMILES string of the molecule is O=C(Nc1cc(Cl)c(Cl)cc1Cl)OCc1ccco1. The summed E-state index contributed by atoms with van der Waals surface area (Å²) in [5.41, 5.74) is 0.320. The Labute approximate surface area is 124 Å². The molecule has 1 amide bonds. The quantitative estimate of drug-likeness (QED) is 0.811. The molecule has 0 aliphatic rings. The molecular formula is C12H8Cl3NO3. The molecule has 0 bridgehead atoms. The van der Waals surface area contributed by atoms with E-state index in [2.05, 4.69) is 5.32 Å². The lowest BCUT2D eigenvalue weighted by Gasteiger charge is -2.08. The van der Waals surface area contributed by atoms with Gasteiger partial charge in [-0.1, -0.05) is 34.8 Å². The highest BCUT2D eigenvalue weighted by Gasteiger charge is 2.10. The molecule has 0 unspecified atom stereocenters. The monoisotopic (exact) mass is 319 g/mol. The van der Waals surface area contributed by atoms with Crippen molar-refractivity contribution >= 4 is 46.6 Å². The van der Waals surface area contributed by atoms with E-state index in [0.29, 0.717) is 16.5 Å². The van der Waals surface area contributed by atoms with Gasteiger partial charge >= 0.3 is 6.09 Å². The number of anilines is 1. The topological polar surface area (TPSA) is 51.5 Å². The Kier molecular flexibility index (Phi) is 4.58. The van der Waals surface area contributed by atoms with Crippen LogP contribution in [0.4, 0.5) is 10.5 Å². The van der Waals surface area contributed by atoms with Crippen molar-refractivity contribution in [1.82, 2.24) is 0 Å². The molecule has 7 heteroatoms. The summed E-state index contributed by atoms with van der Waals surface area (Å²) < 4.78 is 9.96. The fraction of sp³-hybridized carbons (Fsp3) is 0.0833. The molecule has 19 heavy (non-hydrogen) atoms. The van der Waals surface area contributed by atoms with Crippen LogP contribution >= 0.6 is 34.8 Å². The molecule has 0 atom stereocenters. The lowest BCUT2D eigenvalue weighted by molar-refractivity contribution is 0.146. The van der Waals surface area contributed by atoms with Crippen LogP contribution in [-0.4, -0.2) is 6.09 Å². The minimum atomic E-state index is -0.670. The Hall–Kier alpha value is -1.36. The van der Waals surface area contributed by atoms with Crippen molar-refractivity contribution in [3.05, 3.63) is 51.4 Å². The molecule has 2 aromatic rings. The van der Waals surface area contributed by atoms with Crippen LogP contribution in [0.2, 0.25) is 15.1 Å². The van der Waals surface area contributed by atoms with E-state index in [1.165, 1.54) is 18.4 Å². The number of hydrogen-bond donors (Lipinski definition) is 1. The van der Waals surface area contributed by atoms with E-state index >= 15 is 0 Å². The zero-order valence-electron chi connectivity index (χ0n) is 9.45. The van der Waals surface area contributed by atoms with Gasteiger partial charge in [0.1, 0.15) is 5.76 Å². The van der Waals surface area contributed by atoms with Crippen molar-refractivity contribution in [2.45, 2.75) is 6.61 Å². The third-order valence-corrected chi connectivity index (χ3v) is 3.21. The number of ether oxygens (including phenoxy) is 1. The molecule has 0 radical (unpaired) electrons. The second-order valence-corrected chi connectivity index (χ2v) is 4.75. The molecule has 0 saturated heterocycles. The highest BCUT2D eigenvalue weighted by Crippen LogP contribution is 2.32. The Bertz CT molecular complexity index is 584. The first kappa shape index (κ1) is 14.1. The van der Waals surface area contributed by atoms with Crippen molar-refractivity contribution in [2.24, 2.45) is 0 Å². The van der Waals surface area contributed by atoms with Gasteiger partial charge in [0.25, 0.3) is 0 Å². The number of rotatable bonds is 3. The highest BCUT2D eigenvalue weighted by atomic mass is 35.5. The van der Waals surface area contributed by atoms with E-state index in [9.17, 15) is 4.79 Å². The van der Waals surface area contributed by atoms with Crippen molar-refractivity contribution in [3.8, 4) is 0 Å². The summed E-state index contributed by atoms with van der Waals surface area (Å²) in [4.78, 5) is 11.5. The summed E-state index contributed by atoms with van der Waals surface area (Å²) in [7, 11) is 0. The van der Waals surface area contributed by atoms with Gasteiger partial charge in [-0.2, -0.15) is 0 Å². The molecule has 1 aromatic carbocycles. The second-order valence-electron chi connectivity index (χ2n) is 3.53. The molecule has 0 aliphatic carbocycles. The second kappa shape index (κ2) is 6.19. The molecule has 100 valence electrons. The normalized spacial score (nSPS) is 10.3. The number of furan rings is 1. The third kappa shape index (κ3) is 3.80. The maximum atomic E-state index is 11.5. The van der Waals surface area contributed by atoms with Crippen LogP contribution in [0, 0.1) is 0 Å². The molecule has 1 N–H and O–H groups in total. The predicted octanol–water partition coefficient (Wildman–Crippen LogP) is 4.99. The first-order chi connectivity index (χ1) is 9.06. The van der Waals surface area contributed by atoms with Crippen LogP contribution < -0.4 is 5.32 Å². The Morgan fingerprint density at radius 1 is 1.21 bits per heavy atom.